The van der Waals surface area contributed by atoms with Crippen LogP contribution in [0.2, 0.25) is 0 Å². The van der Waals surface area contributed by atoms with E-state index in [-0.39, 0.29) is 11.5 Å². The van der Waals surface area contributed by atoms with Gasteiger partial charge in [0.05, 0.1) is 5.56 Å². The zero-order chi connectivity index (χ0) is 12.8. The molecule has 2 aliphatic rings. The quantitative estimate of drug-likeness (QED) is 0.906. The van der Waals surface area contributed by atoms with Gasteiger partial charge in [-0.05, 0) is 55.2 Å². The highest BCUT2D eigenvalue weighted by molar-refractivity contribution is 9.10. The fourth-order valence-electron chi connectivity index (χ4n) is 2.61. The Hall–Kier alpha value is -0.900. The summed E-state index contributed by atoms with van der Waals surface area (Å²) in [6, 6.07) is 4.53. The van der Waals surface area contributed by atoms with Gasteiger partial charge >= 0.3 is 0 Å². The maximum atomic E-state index is 13.6. The smallest absolute Gasteiger partial charge is 0.254 e. The summed E-state index contributed by atoms with van der Waals surface area (Å²) in [4.78, 5) is 11.9. The highest BCUT2D eigenvalue weighted by Gasteiger charge is 2.53. The predicted octanol–water partition coefficient (Wildman–Crippen LogP) is 3.51. The lowest BCUT2D eigenvalue weighted by molar-refractivity contribution is 0.0938. The molecule has 0 aliphatic heterocycles. The Morgan fingerprint density at radius 1 is 1.44 bits per heavy atom. The summed E-state index contributed by atoms with van der Waals surface area (Å²) >= 11 is 3.18. The van der Waals surface area contributed by atoms with Crippen LogP contribution in [-0.2, 0) is 0 Å². The first-order chi connectivity index (χ1) is 8.61. The zero-order valence-corrected chi connectivity index (χ0v) is 11.6. The van der Waals surface area contributed by atoms with Gasteiger partial charge in [-0.1, -0.05) is 15.9 Å². The first-order valence-corrected chi connectivity index (χ1v) is 7.13. The molecule has 0 aromatic heterocycles. The van der Waals surface area contributed by atoms with Crippen LogP contribution in [0.5, 0.6) is 0 Å². The molecule has 4 heteroatoms. The Morgan fingerprint density at radius 3 is 2.72 bits per heavy atom. The average molecular weight is 312 g/mol. The fourth-order valence-corrected chi connectivity index (χ4v) is 2.94. The largest absolute Gasteiger partial charge is 0.351 e. The molecule has 0 radical (unpaired) electrons. The second-order valence-corrected chi connectivity index (χ2v) is 6.36. The second-order valence-electron chi connectivity index (χ2n) is 5.44. The number of carbonyl (C=O) groups excluding carboxylic acids is 1. The molecule has 0 heterocycles. The Bertz CT molecular complexity index is 495. The van der Waals surface area contributed by atoms with E-state index in [4.69, 9.17) is 0 Å². The molecule has 2 saturated carbocycles. The molecule has 1 N–H and O–H groups in total. The van der Waals surface area contributed by atoms with Crippen LogP contribution >= 0.6 is 15.9 Å². The van der Waals surface area contributed by atoms with Crippen LogP contribution in [0.25, 0.3) is 0 Å². The Kier molecular flexibility index (Phi) is 2.93. The van der Waals surface area contributed by atoms with Gasteiger partial charge in [0.25, 0.3) is 5.91 Å². The maximum Gasteiger partial charge on any atom is 0.254 e. The van der Waals surface area contributed by atoms with Gasteiger partial charge in [-0.3, -0.25) is 4.79 Å². The maximum absolute atomic E-state index is 13.6. The van der Waals surface area contributed by atoms with Crippen molar-refractivity contribution >= 4 is 21.8 Å². The minimum absolute atomic E-state index is 0.129. The molecular weight excluding hydrogens is 297 g/mol. The molecule has 1 aromatic carbocycles. The van der Waals surface area contributed by atoms with Gasteiger partial charge < -0.3 is 5.32 Å². The van der Waals surface area contributed by atoms with Gasteiger partial charge in [0.1, 0.15) is 5.82 Å². The molecular formula is C14H15BrFNO. The first kappa shape index (κ1) is 12.2. The van der Waals surface area contributed by atoms with Gasteiger partial charge in [0.2, 0.25) is 0 Å². The molecule has 0 saturated heterocycles. The standard InChI is InChI=1S/C14H15BrFNO/c15-10-3-4-11(12(16)7-10)13(18)17-8-14(5-6-14)9-1-2-9/h3-4,7,9H,1-2,5-6,8H2,(H,17,18). The van der Waals surface area contributed by atoms with Crippen molar-refractivity contribution in [3.8, 4) is 0 Å². The van der Waals surface area contributed by atoms with E-state index in [1.807, 2.05) is 0 Å². The highest BCUT2D eigenvalue weighted by Crippen LogP contribution is 2.60. The minimum atomic E-state index is -0.474. The van der Waals surface area contributed by atoms with E-state index in [9.17, 15) is 9.18 Å². The second kappa shape index (κ2) is 4.34. The van der Waals surface area contributed by atoms with Crippen molar-refractivity contribution < 1.29 is 9.18 Å². The lowest BCUT2D eigenvalue weighted by Crippen LogP contribution is -2.31. The molecule has 2 fully saturated rings. The molecule has 0 spiro atoms. The average Bonchev–Trinajstić information content (AvgIpc) is 3.17. The lowest BCUT2D eigenvalue weighted by atomic mass is 10.0. The monoisotopic (exact) mass is 311 g/mol. The third kappa shape index (κ3) is 2.30. The van der Waals surface area contributed by atoms with Crippen molar-refractivity contribution in [2.75, 3.05) is 6.54 Å². The van der Waals surface area contributed by atoms with Crippen molar-refractivity contribution in [2.24, 2.45) is 11.3 Å². The third-order valence-corrected chi connectivity index (χ3v) is 4.61. The Morgan fingerprint density at radius 2 is 2.17 bits per heavy atom. The summed E-state index contributed by atoms with van der Waals surface area (Å²) < 4.78 is 14.3. The molecule has 1 amide bonds. The van der Waals surface area contributed by atoms with E-state index in [0.29, 0.717) is 16.4 Å². The van der Waals surface area contributed by atoms with E-state index < -0.39 is 5.82 Å². The molecule has 3 rings (SSSR count). The normalized spacial score (nSPS) is 20.6. The van der Waals surface area contributed by atoms with Gasteiger partial charge in [0.15, 0.2) is 0 Å². The number of hydrogen-bond donors (Lipinski definition) is 1. The molecule has 18 heavy (non-hydrogen) atoms. The summed E-state index contributed by atoms with van der Waals surface area (Å²) in [6.07, 6.45) is 5.01. The Balaban J connectivity index is 1.64. The van der Waals surface area contributed by atoms with Crippen LogP contribution in [0.1, 0.15) is 36.0 Å². The van der Waals surface area contributed by atoms with E-state index in [0.717, 1.165) is 5.92 Å². The van der Waals surface area contributed by atoms with Gasteiger partial charge in [0, 0.05) is 11.0 Å². The molecule has 1 aromatic rings. The molecule has 2 nitrogen and oxygen atoms in total. The van der Waals surface area contributed by atoms with Crippen molar-refractivity contribution in [1.82, 2.24) is 5.32 Å². The number of benzene rings is 1. The summed E-state index contributed by atoms with van der Waals surface area (Å²) in [5.74, 6) is 0.0256. The molecule has 96 valence electrons. The fraction of sp³-hybridized carbons (Fsp3) is 0.500. The van der Waals surface area contributed by atoms with E-state index in [2.05, 4.69) is 21.2 Å². The van der Waals surface area contributed by atoms with E-state index in [1.165, 1.54) is 37.8 Å². The van der Waals surface area contributed by atoms with Crippen LogP contribution in [-0.4, -0.2) is 12.5 Å². The van der Waals surface area contributed by atoms with Gasteiger partial charge in [-0.25, -0.2) is 4.39 Å². The number of rotatable bonds is 4. The van der Waals surface area contributed by atoms with Crippen molar-refractivity contribution in [3.05, 3.63) is 34.1 Å². The molecule has 0 bridgehead atoms. The minimum Gasteiger partial charge on any atom is -0.351 e. The summed E-state index contributed by atoms with van der Waals surface area (Å²) in [5, 5.41) is 2.89. The zero-order valence-electron chi connectivity index (χ0n) is 10.0. The summed E-state index contributed by atoms with van der Waals surface area (Å²) in [7, 11) is 0. The molecule has 2 aliphatic carbocycles. The predicted molar refractivity (Wildman–Crippen MR) is 70.8 cm³/mol. The number of carbonyl (C=O) groups is 1. The SMILES string of the molecule is O=C(NCC1(C2CC2)CC1)c1ccc(Br)cc1F. The van der Waals surface area contributed by atoms with Crippen molar-refractivity contribution in [3.63, 3.8) is 0 Å². The van der Waals surface area contributed by atoms with Crippen LogP contribution in [0.3, 0.4) is 0 Å². The number of nitrogens with one attached hydrogen (secondary N) is 1. The summed E-state index contributed by atoms with van der Waals surface area (Å²) in [6.45, 7) is 0.700. The molecule has 0 unspecified atom stereocenters. The Labute approximate surface area is 114 Å². The number of hydrogen-bond acceptors (Lipinski definition) is 1. The van der Waals surface area contributed by atoms with Crippen LogP contribution in [0.4, 0.5) is 4.39 Å². The van der Waals surface area contributed by atoms with Crippen LogP contribution in [0, 0.1) is 17.2 Å². The first-order valence-electron chi connectivity index (χ1n) is 6.34. The lowest BCUT2D eigenvalue weighted by Gasteiger charge is -2.15. The summed E-state index contributed by atoms with van der Waals surface area (Å²) in [5.41, 5.74) is 0.478. The van der Waals surface area contributed by atoms with Crippen LogP contribution < -0.4 is 5.32 Å². The van der Waals surface area contributed by atoms with E-state index >= 15 is 0 Å². The molecule has 0 atom stereocenters. The van der Waals surface area contributed by atoms with Gasteiger partial charge in [-0.2, -0.15) is 0 Å². The van der Waals surface area contributed by atoms with Crippen LogP contribution in [0.15, 0.2) is 22.7 Å². The van der Waals surface area contributed by atoms with Crippen molar-refractivity contribution in [2.45, 2.75) is 25.7 Å². The van der Waals surface area contributed by atoms with E-state index in [1.54, 1.807) is 6.07 Å². The topological polar surface area (TPSA) is 29.1 Å². The number of halogens is 2. The van der Waals surface area contributed by atoms with Crippen molar-refractivity contribution in [1.29, 1.82) is 0 Å². The number of amides is 1. The third-order valence-electron chi connectivity index (χ3n) is 4.11. The van der Waals surface area contributed by atoms with Gasteiger partial charge in [-0.15, -0.1) is 0 Å². The highest BCUT2D eigenvalue weighted by atomic mass is 79.9.